The maximum atomic E-state index is 11.9. The first-order valence-corrected chi connectivity index (χ1v) is 6.94. The lowest BCUT2D eigenvalue weighted by Gasteiger charge is -2.10. The van der Waals surface area contributed by atoms with Crippen LogP contribution in [0.4, 0.5) is 0 Å². The summed E-state index contributed by atoms with van der Waals surface area (Å²) in [6.45, 7) is 0. The van der Waals surface area contributed by atoms with Crippen LogP contribution in [-0.4, -0.2) is 18.9 Å². The molecule has 0 spiro atoms. The van der Waals surface area contributed by atoms with E-state index >= 15 is 0 Å². The zero-order valence-corrected chi connectivity index (χ0v) is 12.7. The first kappa shape index (κ1) is 15.9. The molecule has 0 aromatic heterocycles. The third kappa shape index (κ3) is 4.23. The first-order chi connectivity index (χ1) is 10.6. The molecule has 0 aliphatic carbocycles. The minimum Gasteiger partial charge on any atom is -0.496 e. The van der Waals surface area contributed by atoms with E-state index < -0.39 is 5.91 Å². The van der Waals surface area contributed by atoms with Crippen LogP contribution in [0.2, 0.25) is 5.02 Å². The van der Waals surface area contributed by atoms with Gasteiger partial charge in [-0.1, -0.05) is 35.9 Å². The van der Waals surface area contributed by atoms with Crippen LogP contribution in [0.15, 0.2) is 48.5 Å². The quantitative estimate of drug-likeness (QED) is 0.850. The van der Waals surface area contributed by atoms with Gasteiger partial charge >= 0.3 is 0 Å². The number of amides is 2. The number of benzene rings is 2. The van der Waals surface area contributed by atoms with Gasteiger partial charge in [0, 0.05) is 16.1 Å². The van der Waals surface area contributed by atoms with Crippen molar-refractivity contribution in [2.24, 2.45) is 0 Å². The smallest absolute Gasteiger partial charge is 0.269 e. The molecule has 0 saturated carbocycles. The molecule has 5 nitrogen and oxygen atoms in total. The molecule has 0 aliphatic heterocycles. The second-order valence-corrected chi connectivity index (χ2v) is 4.94. The lowest BCUT2D eigenvalue weighted by atomic mass is 10.1. The zero-order valence-electron chi connectivity index (χ0n) is 11.9. The van der Waals surface area contributed by atoms with E-state index in [1.165, 1.54) is 13.2 Å². The number of nitrogens with one attached hydrogen (secondary N) is 2. The summed E-state index contributed by atoms with van der Waals surface area (Å²) < 4.78 is 5.17. The van der Waals surface area contributed by atoms with E-state index in [2.05, 4.69) is 10.9 Å². The van der Waals surface area contributed by atoms with Crippen LogP contribution >= 0.6 is 11.6 Å². The molecule has 0 bridgehead atoms. The molecular weight excluding hydrogens is 304 g/mol. The van der Waals surface area contributed by atoms with Gasteiger partial charge < -0.3 is 4.74 Å². The van der Waals surface area contributed by atoms with Crippen LogP contribution in [0.5, 0.6) is 5.75 Å². The van der Waals surface area contributed by atoms with Crippen LogP contribution in [0, 0.1) is 0 Å². The predicted octanol–water partition coefficient (Wildman–Crippen LogP) is 2.35. The van der Waals surface area contributed by atoms with Gasteiger partial charge in [0.2, 0.25) is 5.91 Å². The molecule has 22 heavy (non-hydrogen) atoms. The van der Waals surface area contributed by atoms with Crippen molar-refractivity contribution in [1.82, 2.24) is 10.9 Å². The minimum atomic E-state index is -0.434. The molecule has 2 amide bonds. The minimum absolute atomic E-state index is 0.0971. The molecule has 114 valence electrons. The first-order valence-electron chi connectivity index (χ1n) is 6.57. The molecule has 2 aromatic carbocycles. The lowest BCUT2D eigenvalue weighted by Crippen LogP contribution is -2.42. The standard InChI is InChI=1S/C16H15ClN2O3/c1-22-14-8-3-2-5-11(14)10-15(20)18-19-16(21)12-6-4-7-13(17)9-12/h2-9H,10H2,1H3,(H,18,20)(H,19,21). The highest BCUT2D eigenvalue weighted by atomic mass is 35.5. The summed E-state index contributed by atoms with van der Waals surface area (Å²) in [6.07, 6.45) is 0.0971. The third-order valence-corrected chi connectivity index (χ3v) is 3.18. The number of carbonyl (C=O) groups is 2. The van der Waals surface area contributed by atoms with Crippen LogP contribution in [0.1, 0.15) is 15.9 Å². The topological polar surface area (TPSA) is 67.4 Å². The summed E-state index contributed by atoms with van der Waals surface area (Å²) in [6, 6.07) is 13.6. The van der Waals surface area contributed by atoms with Gasteiger partial charge in [0.25, 0.3) is 5.91 Å². The van der Waals surface area contributed by atoms with Gasteiger partial charge in [0.1, 0.15) is 5.75 Å². The van der Waals surface area contributed by atoms with E-state index in [9.17, 15) is 9.59 Å². The predicted molar refractivity (Wildman–Crippen MR) is 83.8 cm³/mol. The van der Waals surface area contributed by atoms with E-state index in [1.54, 1.807) is 30.3 Å². The van der Waals surface area contributed by atoms with E-state index in [4.69, 9.17) is 16.3 Å². The Kier molecular flexibility index (Phi) is 5.38. The fourth-order valence-corrected chi connectivity index (χ4v) is 2.08. The number of methoxy groups -OCH3 is 1. The van der Waals surface area contributed by atoms with E-state index in [-0.39, 0.29) is 12.3 Å². The van der Waals surface area contributed by atoms with Crippen LogP contribution in [0.25, 0.3) is 0 Å². The molecular formula is C16H15ClN2O3. The number of hydrazine groups is 1. The fraction of sp³-hybridized carbons (Fsp3) is 0.125. The average Bonchev–Trinajstić information content (AvgIpc) is 2.53. The van der Waals surface area contributed by atoms with Gasteiger partial charge in [-0.25, -0.2) is 0 Å². The largest absolute Gasteiger partial charge is 0.496 e. The normalized spacial score (nSPS) is 9.91. The van der Waals surface area contributed by atoms with E-state index in [0.29, 0.717) is 16.3 Å². The lowest BCUT2D eigenvalue weighted by molar-refractivity contribution is -0.121. The monoisotopic (exact) mass is 318 g/mol. The fourth-order valence-electron chi connectivity index (χ4n) is 1.89. The van der Waals surface area contributed by atoms with Gasteiger partial charge in [-0.2, -0.15) is 0 Å². The van der Waals surface area contributed by atoms with Gasteiger partial charge in [-0.15, -0.1) is 0 Å². The van der Waals surface area contributed by atoms with Crippen molar-refractivity contribution in [2.75, 3.05) is 7.11 Å². The van der Waals surface area contributed by atoms with Crippen molar-refractivity contribution in [3.05, 3.63) is 64.7 Å². The summed E-state index contributed by atoms with van der Waals surface area (Å²) in [5, 5.41) is 0.452. The molecule has 0 unspecified atom stereocenters. The molecule has 0 radical (unpaired) electrons. The van der Waals surface area contributed by atoms with Crippen LogP contribution in [-0.2, 0) is 11.2 Å². The van der Waals surface area contributed by atoms with E-state index in [0.717, 1.165) is 5.56 Å². The Bertz CT molecular complexity index is 689. The maximum absolute atomic E-state index is 11.9. The number of ether oxygens (including phenoxy) is 1. The highest BCUT2D eigenvalue weighted by Gasteiger charge is 2.10. The molecule has 0 fully saturated rings. The summed E-state index contributed by atoms with van der Waals surface area (Å²) in [5.74, 6) is -0.158. The average molecular weight is 319 g/mol. The number of rotatable bonds is 4. The third-order valence-electron chi connectivity index (χ3n) is 2.95. The number of hydrogen-bond donors (Lipinski definition) is 2. The van der Waals surface area contributed by atoms with Gasteiger partial charge in [0.05, 0.1) is 13.5 Å². The highest BCUT2D eigenvalue weighted by molar-refractivity contribution is 6.30. The molecule has 2 N–H and O–H groups in total. The van der Waals surface area contributed by atoms with Crippen LogP contribution in [0.3, 0.4) is 0 Å². The maximum Gasteiger partial charge on any atom is 0.269 e. The van der Waals surface area contributed by atoms with Crippen molar-refractivity contribution < 1.29 is 14.3 Å². The summed E-state index contributed by atoms with van der Waals surface area (Å²) in [4.78, 5) is 23.7. The molecule has 2 rings (SSSR count). The van der Waals surface area contributed by atoms with Crippen LogP contribution < -0.4 is 15.6 Å². The Morgan fingerprint density at radius 2 is 1.86 bits per heavy atom. The summed E-state index contributed by atoms with van der Waals surface area (Å²) in [5.41, 5.74) is 5.81. The SMILES string of the molecule is COc1ccccc1CC(=O)NNC(=O)c1cccc(Cl)c1. The summed E-state index contributed by atoms with van der Waals surface area (Å²) >= 11 is 5.81. The second-order valence-electron chi connectivity index (χ2n) is 4.50. The second kappa shape index (κ2) is 7.47. The van der Waals surface area contributed by atoms with Crippen molar-refractivity contribution in [2.45, 2.75) is 6.42 Å². The van der Waals surface area contributed by atoms with E-state index in [1.807, 2.05) is 12.1 Å². The zero-order chi connectivity index (χ0) is 15.9. The molecule has 6 heteroatoms. The molecule has 0 aliphatic rings. The Morgan fingerprint density at radius 1 is 1.09 bits per heavy atom. The molecule has 0 heterocycles. The Labute approximate surface area is 133 Å². The van der Waals surface area contributed by atoms with Crippen molar-refractivity contribution in [3.8, 4) is 5.75 Å². The van der Waals surface area contributed by atoms with Gasteiger partial charge in [-0.3, -0.25) is 20.4 Å². The molecule has 0 atom stereocenters. The van der Waals surface area contributed by atoms with Crippen molar-refractivity contribution in [3.63, 3.8) is 0 Å². The molecule has 0 saturated heterocycles. The highest BCUT2D eigenvalue weighted by Crippen LogP contribution is 2.17. The Hall–Kier alpha value is -2.53. The van der Waals surface area contributed by atoms with Gasteiger partial charge in [0.15, 0.2) is 0 Å². The Morgan fingerprint density at radius 3 is 2.59 bits per heavy atom. The molecule has 2 aromatic rings. The number of carbonyl (C=O) groups excluding carboxylic acids is 2. The Balaban J connectivity index is 1.91. The number of hydrogen-bond acceptors (Lipinski definition) is 3. The van der Waals surface area contributed by atoms with Gasteiger partial charge in [-0.05, 0) is 24.3 Å². The number of halogens is 1. The number of para-hydroxylation sites is 1. The van der Waals surface area contributed by atoms with Crippen molar-refractivity contribution in [1.29, 1.82) is 0 Å². The summed E-state index contributed by atoms with van der Waals surface area (Å²) in [7, 11) is 1.54. The van der Waals surface area contributed by atoms with Crippen molar-refractivity contribution >= 4 is 23.4 Å².